The topological polar surface area (TPSA) is 75.2 Å². The average Bonchev–Trinajstić information content (AvgIpc) is 3.17. The van der Waals surface area contributed by atoms with Gasteiger partial charge in [0.25, 0.3) is 11.8 Å². The summed E-state index contributed by atoms with van der Waals surface area (Å²) in [6.45, 7) is 0.870. The number of rotatable bonds is 3. The van der Waals surface area contributed by atoms with E-state index in [0.717, 1.165) is 10.5 Å². The van der Waals surface area contributed by atoms with Gasteiger partial charge in [-0.05, 0) is 40.5 Å². The van der Waals surface area contributed by atoms with E-state index in [1.165, 1.54) is 24.5 Å². The summed E-state index contributed by atoms with van der Waals surface area (Å²) < 4.78 is 43.1. The van der Waals surface area contributed by atoms with Crippen molar-refractivity contribution in [3.05, 3.63) is 51.5 Å². The smallest absolute Gasteiger partial charge is 0.260 e. The number of hydrogen-bond acceptors (Lipinski definition) is 4. The second-order valence-corrected chi connectivity index (χ2v) is 7.90. The van der Waals surface area contributed by atoms with Gasteiger partial charge in [-0.1, -0.05) is 0 Å². The summed E-state index contributed by atoms with van der Waals surface area (Å²) in [5, 5.41) is 2.43. The number of fused-ring (bicyclic) bond motifs is 2. The number of aryl methyl sites for hydroxylation is 1. The Morgan fingerprint density at radius 3 is 2.57 bits per heavy atom. The Hall–Kier alpha value is -2.49. The van der Waals surface area contributed by atoms with Gasteiger partial charge in [-0.25, -0.2) is 23.1 Å². The van der Waals surface area contributed by atoms with Crippen LogP contribution in [0.2, 0.25) is 0 Å². The van der Waals surface area contributed by atoms with Gasteiger partial charge in [0.05, 0.1) is 9.89 Å². The minimum atomic E-state index is -3.15. The molecule has 2 aromatic rings. The zero-order chi connectivity index (χ0) is 20.3. The van der Waals surface area contributed by atoms with Gasteiger partial charge in [0.1, 0.15) is 12.4 Å². The maximum Gasteiger partial charge on any atom is 0.260 e. The first-order valence-electron chi connectivity index (χ1n) is 8.39. The van der Waals surface area contributed by atoms with Crippen LogP contribution < -0.4 is 5.32 Å². The van der Waals surface area contributed by atoms with Crippen molar-refractivity contribution in [1.29, 1.82) is 0 Å². The second-order valence-electron chi connectivity index (χ2n) is 7.04. The molecule has 2 aliphatic rings. The van der Waals surface area contributed by atoms with Crippen molar-refractivity contribution in [3.8, 4) is 0 Å². The van der Waals surface area contributed by atoms with Crippen LogP contribution in [0.25, 0.3) is 0 Å². The number of carbonyl (C=O) groups is 2. The summed E-state index contributed by atoms with van der Waals surface area (Å²) in [7, 11) is 0. The summed E-state index contributed by atoms with van der Waals surface area (Å²) in [5.74, 6) is -5.27. The predicted molar refractivity (Wildman–Crippen MR) is 96.6 cm³/mol. The largest absolute Gasteiger partial charge is 0.328 e. The molecule has 2 heterocycles. The summed E-state index contributed by atoms with van der Waals surface area (Å²) in [6.07, 6.45) is 2.43. The van der Waals surface area contributed by atoms with Gasteiger partial charge in [0, 0.05) is 36.5 Å². The van der Waals surface area contributed by atoms with Crippen molar-refractivity contribution in [2.24, 2.45) is 0 Å². The Morgan fingerprint density at radius 1 is 1.32 bits per heavy atom. The number of anilines is 1. The van der Waals surface area contributed by atoms with Crippen LogP contribution in [-0.2, 0) is 10.2 Å². The van der Waals surface area contributed by atoms with E-state index in [4.69, 9.17) is 0 Å². The Morgan fingerprint density at radius 2 is 1.96 bits per heavy atom. The molecule has 10 heteroatoms. The van der Waals surface area contributed by atoms with Gasteiger partial charge < -0.3 is 4.90 Å². The standard InChI is InChI=1S/C18H14BrF3N4O2/c1-9-4-23-16(24-5-9)25-12(27)6-26-8-17(7-18(17,21)22)13-10(15(26)28)2-3-11(19)14(13)20/h2-5H,6-8H2,1H3,(H,23,24,25,27). The van der Waals surface area contributed by atoms with Gasteiger partial charge in [0.2, 0.25) is 11.9 Å². The van der Waals surface area contributed by atoms with Crippen LogP contribution in [0.3, 0.4) is 0 Å². The van der Waals surface area contributed by atoms with Crippen LogP contribution in [-0.4, -0.2) is 45.7 Å². The van der Waals surface area contributed by atoms with Crippen molar-refractivity contribution in [2.45, 2.75) is 24.7 Å². The summed E-state index contributed by atoms with van der Waals surface area (Å²) in [4.78, 5) is 33.9. The third-order valence-corrected chi connectivity index (χ3v) is 5.63. The maximum atomic E-state index is 14.6. The highest BCUT2D eigenvalue weighted by Gasteiger charge is 2.75. The molecule has 1 aromatic heterocycles. The molecule has 1 unspecified atom stereocenters. The molecule has 4 rings (SSSR count). The Balaban J connectivity index is 1.61. The van der Waals surface area contributed by atoms with E-state index in [0.29, 0.717) is 0 Å². The fourth-order valence-electron chi connectivity index (χ4n) is 3.54. The van der Waals surface area contributed by atoms with E-state index >= 15 is 0 Å². The first-order chi connectivity index (χ1) is 13.1. The molecule has 1 atom stereocenters. The molecule has 1 aromatic carbocycles. The lowest BCUT2D eigenvalue weighted by atomic mass is 9.85. The molecule has 28 heavy (non-hydrogen) atoms. The fraction of sp³-hybridized carbons (Fsp3) is 0.333. The van der Waals surface area contributed by atoms with Gasteiger partial charge in [0.15, 0.2) is 0 Å². The normalized spacial score (nSPS) is 22.2. The highest BCUT2D eigenvalue weighted by Crippen LogP contribution is 2.64. The molecular formula is C18H14BrF3N4O2. The number of hydrogen-bond donors (Lipinski definition) is 1. The molecule has 146 valence electrons. The Kier molecular flexibility index (Phi) is 4.22. The van der Waals surface area contributed by atoms with E-state index < -0.39 is 48.5 Å². The van der Waals surface area contributed by atoms with E-state index in [1.807, 2.05) is 0 Å². The molecule has 0 saturated heterocycles. The third-order valence-electron chi connectivity index (χ3n) is 5.02. The number of alkyl halides is 2. The van der Waals surface area contributed by atoms with Crippen LogP contribution in [0.15, 0.2) is 29.0 Å². The lowest BCUT2D eigenvalue weighted by molar-refractivity contribution is -0.117. The van der Waals surface area contributed by atoms with E-state index in [2.05, 4.69) is 31.2 Å². The second kappa shape index (κ2) is 6.26. The Bertz CT molecular complexity index is 999. The predicted octanol–water partition coefficient (Wildman–Crippen LogP) is 3.06. The number of halogens is 4. The lowest BCUT2D eigenvalue weighted by Crippen LogP contribution is -2.49. The number of amides is 2. The first kappa shape index (κ1) is 18.9. The van der Waals surface area contributed by atoms with Crippen LogP contribution in [0.5, 0.6) is 0 Å². The molecule has 1 aliphatic carbocycles. The van der Waals surface area contributed by atoms with Crippen molar-refractivity contribution >= 4 is 33.7 Å². The monoisotopic (exact) mass is 454 g/mol. The van der Waals surface area contributed by atoms with Crippen molar-refractivity contribution < 1.29 is 22.8 Å². The number of nitrogens with zero attached hydrogens (tertiary/aromatic N) is 3. The molecule has 0 bridgehead atoms. The van der Waals surface area contributed by atoms with E-state index in [1.54, 1.807) is 6.92 Å². The number of nitrogens with one attached hydrogen (secondary N) is 1. The Labute approximate surface area is 166 Å². The zero-order valence-corrected chi connectivity index (χ0v) is 16.2. The molecule has 1 saturated carbocycles. The minimum absolute atomic E-state index is 0.0174. The summed E-state index contributed by atoms with van der Waals surface area (Å²) in [5.41, 5.74) is -1.45. The highest BCUT2D eigenvalue weighted by atomic mass is 79.9. The van der Waals surface area contributed by atoms with Crippen LogP contribution in [0.4, 0.5) is 19.1 Å². The number of carbonyl (C=O) groups excluding carboxylic acids is 2. The maximum absolute atomic E-state index is 14.6. The quantitative estimate of drug-likeness (QED) is 0.773. The van der Waals surface area contributed by atoms with Crippen molar-refractivity contribution in [2.75, 3.05) is 18.4 Å². The van der Waals surface area contributed by atoms with Gasteiger partial charge in [-0.15, -0.1) is 0 Å². The number of aromatic nitrogens is 2. The fourth-order valence-corrected chi connectivity index (χ4v) is 3.87. The molecule has 0 radical (unpaired) electrons. The molecular weight excluding hydrogens is 441 g/mol. The number of benzene rings is 1. The van der Waals surface area contributed by atoms with Crippen LogP contribution in [0, 0.1) is 12.7 Å². The van der Waals surface area contributed by atoms with Gasteiger partial charge in [-0.2, -0.15) is 0 Å². The van der Waals surface area contributed by atoms with Crippen LogP contribution in [0.1, 0.15) is 27.9 Å². The molecule has 1 fully saturated rings. The SMILES string of the molecule is Cc1cnc(NC(=O)CN2CC3(CC3(F)F)c3c(ccc(Br)c3F)C2=O)nc1. The highest BCUT2D eigenvalue weighted by molar-refractivity contribution is 9.10. The molecule has 1 N–H and O–H groups in total. The molecule has 2 amide bonds. The van der Waals surface area contributed by atoms with E-state index in [-0.39, 0.29) is 21.5 Å². The summed E-state index contributed by atoms with van der Waals surface area (Å²) >= 11 is 2.99. The molecule has 6 nitrogen and oxygen atoms in total. The van der Waals surface area contributed by atoms with Crippen LogP contribution >= 0.6 is 15.9 Å². The minimum Gasteiger partial charge on any atom is -0.328 e. The molecule has 1 aliphatic heterocycles. The first-order valence-corrected chi connectivity index (χ1v) is 9.18. The summed E-state index contributed by atoms with van der Waals surface area (Å²) in [6, 6.07) is 2.60. The third kappa shape index (κ3) is 2.86. The van der Waals surface area contributed by atoms with Gasteiger partial charge in [-0.3, -0.25) is 14.9 Å². The van der Waals surface area contributed by atoms with Gasteiger partial charge >= 0.3 is 0 Å². The van der Waals surface area contributed by atoms with Crippen molar-refractivity contribution in [3.63, 3.8) is 0 Å². The zero-order valence-electron chi connectivity index (χ0n) is 14.6. The van der Waals surface area contributed by atoms with E-state index in [9.17, 15) is 22.8 Å². The molecule has 1 spiro atoms. The average molecular weight is 455 g/mol. The lowest BCUT2D eigenvalue weighted by Gasteiger charge is -2.34. The van der Waals surface area contributed by atoms with Crippen molar-refractivity contribution in [1.82, 2.24) is 14.9 Å².